The van der Waals surface area contributed by atoms with Gasteiger partial charge in [-0.15, -0.1) is 0 Å². The van der Waals surface area contributed by atoms with Crippen molar-refractivity contribution in [2.24, 2.45) is 0 Å². The van der Waals surface area contributed by atoms with Crippen LogP contribution in [-0.2, 0) is 4.74 Å². The lowest BCUT2D eigenvalue weighted by atomic mass is 9.85. The van der Waals surface area contributed by atoms with E-state index < -0.39 is 0 Å². The molecule has 0 unspecified atom stereocenters. The highest BCUT2D eigenvalue weighted by Crippen LogP contribution is 2.40. The van der Waals surface area contributed by atoms with Crippen LogP contribution < -0.4 is 0 Å². The van der Waals surface area contributed by atoms with Crippen LogP contribution in [0.4, 0.5) is 0 Å². The third kappa shape index (κ3) is 0.917. The summed E-state index contributed by atoms with van der Waals surface area (Å²) in [6.45, 7) is 1.36. The fourth-order valence-corrected chi connectivity index (χ4v) is 2.51. The third-order valence-corrected chi connectivity index (χ3v) is 3.10. The summed E-state index contributed by atoms with van der Waals surface area (Å²) < 4.78 is 7.24. The first kappa shape index (κ1) is 7.83. The standard InChI is InChI=1S/C10H16BNO/c1-12(11)6-2-3-7-8-4-5-9(13-8)10(7)12/h3-5,8-10H,2,6H2,1,11H3/t8-,9+,10+,12-/m0/s1. The van der Waals surface area contributed by atoms with Crippen molar-refractivity contribution in [2.45, 2.75) is 24.7 Å². The Bertz CT molecular complexity index is 308. The van der Waals surface area contributed by atoms with E-state index in [0.717, 1.165) is 0 Å². The van der Waals surface area contributed by atoms with Crippen molar-refractivity contribution in [1.29, 1.82) is 0 Å². The van der Waals surface area contributed by atoms with E-state index in [0.29, 0.717) is 26.2 Å². The number of nitrogens with zero attached hydrogens (tertiary/aromatic N) is 1. The maximum absolute atomic E-state index is 5.90. The van der Waals surface area contributed by atoms with Gasteiger partial charge >= 0.3 is 0 Å². The predicted octanol–water partition coefficient (Wildman–Crippen LogP) is -0.251. The molecule has 3 rings (SSSR count). The second-order valence-electron chi connectivity index (χ2n) is 3.82. The molecule has 0 aromatic carbocycles. The van der Waals surface area contributed by atoms with Crippen LogP contribution >= 0.6 is 0 Å². The van der Waals surface area contributed by atoms with Crippen molar-refractivity contribution in [3.05, 3.63) is 23.8 Å². The van der Waals surface area contributed by atoms with Gasteiger partial charge in [-0.25, -0.2) is 0 Å². The van der Waals surface area contributed by atoms with Crippen molar-refractivity contribution < 1.29 is 9.13 Å². The Morgan fingerprint density at radius 3 is 3.15 bits per heavy atom. The van der Waals surface area contributed by atoms with Gasteiger partial charge in [-0.1, -0.05) is 18.2 Å². The van der Waals surface area contributed by atoms with E-state index in [2.05, 4.69) is 25.3 Å². The molecule has 0 aliphatic carbocycles. The molecule has 4 atom stereocenters. The number of hydrogen-bond acceptors (Lipinski definition) is 1. The number of hydrogen-bond donors (Lipinski definition) is 0. The second kappa shape index (κ2) is 2.28. The summed E-state index contributed by atoms with van der Waals surface area (Å²) in [6.07, 6.45) is 8.98. The van der Waals surface area contributed by atoms with Crippen molar-refractivity contribution in [2.75, 3.05) is 13.6 Å². The van der Waals surface area contributed by atoms with E-state index in [4.69, 9.17) is 4.74 Å². The van der Waals surface area contributed by atoms with Gasteiger partial charge in [-0.3, -0.25) is 0 Å². The number of fused-ring (bicyclic) bond motifs is 5. The van der Waals surface area contributed by atoms with Crippen LogP contribution in [0.2, 0.25) is 0 Å². The Labute approximate surface area is 79.9 Å². The van der Waals surface area contributed by atoms with Crippen LogP contribution in [0.5, 0.6) is 0 Å². The first-order chi connectivity index (χ1) is 6.18. The molecule has 3 heteroatoms. The zero-order valence-corrected chi connectivity index (χ0v) is 7.23. The molecular weight excluding hydrogens is 161 g/mol. The largest absolute Gasteiger partial charge is 0.516 e. The Hall–Kier alpha value is -0.535. The number of likely N-dealkylation sites (N-methyl/N-ethyl adjacent to an activating group) is 1. The molecule has 3 aliphatic rings. The molecule has 0 radical (unpaired) electrons. The van der Waals surface area contributed by atoms with E-state index in [1.807, 2.05) is 0 Å². The maximum Gasteiger partial charge on any atom is 0.169 e. The molecule has 1 fully saturated rings. The average molecular weight is 177 g/mol. The minimum Gasteiger partial charge on any atom is -0.516 e. The molecule has 0 N–H and O–H groups in total. The Morgan fingerprint density at radius 1 is 1.54 bits per heavy atom. The predicted molar refractivity (Wildman–Crippen MR) is 55.3 cm³/mol. The Kier molecular flexibility index (Phi) is 1.37. The van der Waals surface area contributed by atoms with Gasteiger partial charge in [0.1, 0.15) is 18.2 Å². The fraction of sp³-hybridized carbons (Fsp3) is 0.600. The zero-order valence-electron chi connectivity index (χ0n) is 7.23. The molecule has 2 nitrogen and oxygen atoms in total. The molecule has 1 saturated heterocycles. The van der Waals surface area contributed by atoms with Crippen LogP contribution in [0.15, 0.2) is 23.8 Å². The summed E-state index contributed by atoms with van der Waals surface area (Å²) in [5, 5.41) is 0. The lowest BCUT2D eigenvalue weighted by molar-refractivity contribution is -0.820. The number of quaternary nitrogens is 1. The van der Waals surface area contributed by atoms with Crippen LogP contribution in [0.1, 0.15) is 6.42 Å². The molecule has 0 amide bonds. The minimum atomic E-state index is 0.353. The summed E-state index contributed by atoms with van der Waals surface area (Å²) in [4.78, 5) is 0. The normalized spacial score (nSPS) is 52.2. The molecule has 3 aliphatic heterocycles. The van der Waals surface area contributed by atoms with E-state index in [-0.39, 0.29) is 0 Å². The maximum atomic E-state index is 5.90. The molecule has 13 heavy (non-hydrogen) atoms. The lowest BCUT2D eigenvalue weighted by Gasteiger charge is -2.49. The van der Waals surface area contributed by atoms with Crippen molar-refractivity contribution in [1.82, 2.24) is 0 Å². The first-order valence-electron chi connectivity index (χ1n) is 4.60. The van der Waals surface area contributed by atoms with E-state index in [1.165, 1.54) is 17.4 Å². The van der Waals surface area contributed by atoms with Crippen LogP contribution in [0.25, 0.3) is 0 Å². The molecule has 0 aromatic rings. The highest BCUT2D eigenvalue weighted by Gasteiger charge is 2.48. The molecule has 0 aromatic heterocycles. The summed E-state index contributed by atoms with van der Waals surface area (Å²) in [5.74, 6) is 0. The Morgan fingerprint density at radius 2 is 2.38 bits per heavy atom. The van der Waals surface area contributed by atoms with Gasteiger partial charge in [0.25, 0.3) is 0 Å². The highest BCUT2D eigenvalue weighted by molar-refractivity contribution is 5.97. The molecule has 3 heterocycles. The van der Waals surface area contributed by atoms with Gasteiger partial charge in [-0.2, -0.15) is 0 Å². The molecular formula is C10H16BNO. The van der Waals surface area contributed by atoms with Gasteiger partial charge in [0.15, 0.2) is 7.98 Å². The summed E-state index contributed by atoms with van der Waals surface area (Å²) in [5.41, 5.74) is 1.59. The van der Waals surface area contributed by atoms with E-state index >= 15 is 0 Å². The monoisotopic (exact) mass is 177 g/mol. The molecule has 0 saturated carbocycles. The van der Waals surface area contributed by atoms with E-state index in [1.54, 1.807) is 5.57 Å². The number of rotatable bonds is 0. The summed E-state index contributed by atoms with van der Waals surface area (Å²) >= 11 is 0. The zero-order chi connectivity index (χ0) is 9.05. The average Bonchev–Trinajstić information content (AvgIpc) is 2.62. The van der Waals surface area contributed by atoms with Gasteiger partial charge in [0.2, 0.25) is 0 Å². The van der Waals surface area contributed by atoms with Gasteiger partial charge in [0, 0.05) is 25.6 Å². The molecule has 70 valence electrons. The highest BCUT2D eigenvalue weighted by atomic mass is 16.5. The second-order valence-corrected chi connectivity index (χ2v) is 3.82. The number of ether oxygens (including phenoxy) is 1. The lowest BCUT2D eigenvalue weighted by Crippen LogP contribution is -2.56. The van der Waals surface area contributed by atoms with Crippen molar-refractivity contribution in [3.63, 3.8) is 0 Å². The quantitative estimate of drug-likeness (QED) is 0.366. The van der Waals surface area contributed by atoms with Crippen molar-refractivity contribution in [3.8, 4) is 0 Å². The Balaban J connectivity index is 2.07. The van der Waals surface area contributed by atoms with Gasteiger partial charge in [0.05, 0.1) is 0 Å². The van der Waals surface area contributed by atoms with Gasteiger partial charge < -0.3 is 9.13 Å². The van der Waals surface area contributed by atoms with Gasteiger partial charge in [-0.05, 0) is 0 Å². The van der Waals surface area contributed by atoms with Crippen LogP contribution in [0, 0.1) is 0 Å². The fourth-order valence-electron chi connectivity index (χ4n) is 2.51. The minimum absolute atomic E-state index is 0.353. The van der Waals surface area contributed by atoms with Crippen LogP contribution in [0.3, 0.4) is 0 Å². The van der Waals surface area contributed by atoms with Crippen LogP contribution in [-0.4, -0.2) is 44.2 Å². The molecule has 0 spiro atoms. The third-order valence-electron chi connectivity index (χ3n) is 3.10. The summed E-state index contributed by atoms with van der Waals surface area (Å²) in [6, 6.07) is 0.712. The van der Waals surface area contributed by atoms with E-state index in [9.17, 15) is 0 Å². The SMILES string of the molecule is [BH3-][N@@+]1(C)CCC=C2[C@@H]3C=C[C@@H](O3)[C@@H]21. The first-order valence-corrected chi connectivity index (χ1v) is 4.60. The summed E-state index contributed by atoms with van der Waals surface area (Å²) in [7, 11) is 2.78. The molecule has 2 bridgehead atoms. The van der Waals surface area contributed by atoms with Crippen molar-refractivity contribution >= 4 is 7.98 Å². The topological polar surface area (TPSA) is 9.23 Å². The smallest absolute Gasteiger partial charge is 0.169 e.